The summed E-state index contributed by atoms with van der Waals surface area (Å²) in [5, 5.41) is 3.60. The molecule has 3 aromatic heterocycles. The SMILES string of the molecule is CCc1nc2cc(Cl)ccn2c1C(=O)NCc1ccc2c(c1)CCN(CCc1ccc(C(F)(F)F)cn1)C2. The summed E-state index contributed by atoms with van der Waals surface area (Å²) in [6.45, 7) is 4.72. The molecule has 1 aliphatic rings. The van der Waals surface area contributed by atoms with Crippen LogP contribution in [-0.2, 0) is 38.5 Å². The van der Waals surface area contributed by atoms with Crippen LogP contribution in [0.3, 0.4) is 0 Å². The van der Waals surface area contributed by atoms with Crippen molar-refractivity contribution in [1.29, 1.82) is 0 Å². The van der Waals surface area contributed by atoms with Gasteiger partial charge in [0.1, 0.15) is 11.3 Å². The maximum atomic E-state index is 13.1. The Morgan fingerprint density at radius 2 is 1.97 bits per heavy atom. The number of aromatic nitrogens is 3. The van der Waals surface area contributed by atoms with Gasteiger partial charge in [-0.2, -0.15) is 13.2 Å². The monoisotopic (exact) mass is 541 g/mol. The first-order chi connectivity index (χ1) is 18.2. The standard InChI is InChI=1S/C28H27ClF3N5O/c1-2-24-26(37-12-8-22(29)14-25(37)35-24)27(38)34-15-18-3-4-20-17-36(10-7-19(20)13-18)11-9-23-6-5-21(16-33-23)28(30,31)32/h3-6,8,12-14,16H,2,7,9-11,15,17H2,1H3,(H,34,38). The fraction of sp³-hybridized carbons (Fsp3) is 0.321. The number of hydrogen-bond acceptors (Lipinski definition) is 4. The molecule has 1 N–H and O–H groups in total. The second-order valence-electron chi connectivity index (χ2n) is 9.43. The number of benzene rings is 1. The van der Waals surface area contributed by atoms with E-state index in [1.807, 2.05) is 13.0 Å². The Hall–Kier alpha value is -3.43. The van der Waals surface area contributed by atoms with E-state index < -0.39 is 11.7 Å². The van der Waals surface area contributed by atoms with Gasteiger partial charge in [0.15, 0.2) is 0 Å². The van der Waals surface area contributed by atoms with Gasteiger partial charge in [-0.1, -0.05) is 36.7 Å². The number of carbonyl (C=O) groups is 1. The Morgan fingerprint density at radius 1 is 1.13 bits per heavy atom. The molecule has 10 heteroatoms. The summed E-state index contributed by atoms with van der Waals surface area (Å²) in [4.78, 5) is 23.9. The summed E-state index contributed by atoms with van der Waals surface area (Å²) >= 11 is 6.08. The van der Waals surface area contributed by atoms with Crippen molar-refractivity contribution in [2.24, 2.45) is 0 Å². The Labute approximate surface area is 223 Å². The maximum Gasteiger partial charge on any atom is 0.417 e. The van der Waals surface area contributed by atoms with E-state index in [-0.39, 0.29) is 5.91 Å². The molecule has 4 heterocycles. The zero-order chi connectivity index (χ0) is 26.9. The third-order valence-electron chi connectivity index (χ3n) is 6.86. The van der Waals surface area contributed by atoms with Crippen LogP contribution in [0.4, 0.5) is 13.2 Å². The number of carbonyl (C=O) groups excluding carboxylic acids is 1. The van der Waals surface area contributed by atoms with Gasteiger partial charge in [0.2, 0.25) is 0 Å². The lowest BCUT2D eigenvalue weighted by molar-refractivity contribution is -0.137. The van der Waals surface area contributed by atoms with Crippen molar-refractivity contribution in [2.75, 3.05) is 13.1 Å². The van der Waals surface area contributed by atoms with Crippen LogP contribution in [0.15, 0.2) is 54.9 Å². The van der Waals surface area contributed by atoms with Gasteiger partial charge in [-0.25, -0.2) is 4.98 Å². The lowest BCUT2D eigenvalue weighted by Gasteiger charge is -2.29. The lowest BCUT2D eigenvalue weighted by atomic mass is 9.97. The van der Waals surface area contributed by atoms with Crippen molar-refractivity contribution in [3.63, 3.8) is 0 Å². The first kappa shape index (κ1) is 26.2. The minimum Gasteiger partial charge on any atom is -0.347 e. The van der Waals surface area contributed by atoms with E-state index in [2.05, 4.69) is 32.3 Å². The third kappa shape index (κ3) is 5.68. The van der Waals surface area contributed by atoms with E-state index in [9.17, 15) is 18.0 Å². The van der Waals surface area contributed by atoms with E-state index in [1.54, 1.807) is 22.7 Å². The van der Waals surface area contributed by atoms with Crippen LogP contribution < -0.4 is 5.32 Å². The van der Waals surface area contributed by atoms with Crippen LogP contribution in [-0.4, -0.2) is 38.3 Å². The molecule has 1 aliphatic heterocycles. The van der Waals surface area contributed by atoms with E-state index in [0.29, 0.717) is 41.4 Å². The topological polar surface area (TPSA) is 62.5 Å². The molecule has 0 bridgehead atoms. The number of hydrogen-bond donors (Lipinski definition) is 1. The van der Waals surface area contributed by atoms with Crippen molar-refractivity contribution in [2.45, 2.75) is 45.5 Å². The number of alkyl halides is 3. The molecule has 198 valence electrons. The molecular formula is C28H27ClF3N5O. The largest absolute Gasteiger partial charge is 0.417 e. The number of nitrogens with zero attached hydrogens (tertiary/aromatic N) is 4. The predicted octanol–water partition coefficient (Wildman–Crippen LogP) is 5.49. The molecule has 0 aliphatic carbocycles. The van der Waals surface area contributed by atoms with E-state index in [4.69, 9.17) is 11.6 Å². The van der Waals surface area contributed by atoms with Gasteiger partial charge in [-0.3, -0.25) is 19.1 Å². The molecule has 5 rings (SSSR count). The third-order valence-corrected chi connectivity index (χ3v) is 7.10. The fourth-order valence-corrected chi connectivity index (χ4v) is 4.95. The normalized spacial score (nSPS) is 14.0. The Morgan fingerprint density at radius 3 is 2.71 bits per heavy atom. The summed E-state index contributed by atoms with van der Waals surface area (Å²) in [6.07, 6.45) is 0.377. The minimum atomic E-state index is -4.37. The molecule has 0 radical (unpaired) electrons. The van der Waals surface area contributed by atoms with Crippen LogP contribution in [0, 0.1) is 0 Å². The van der Waals surface area contributed by atoms with E-state index >= 15 is 0 Å². The number of halogens is 4. The maximum absolute atomic E-state index is 13.1. The van der Waals surface area contributed by atoms with Crippen LogP contribution in [0.2, 0.25) is 5.02 Å². The lowest BCUT2D eigenvalue weighted by Crippen LogP contribution is -2.32. The summed E-state index contributed by atoms with van der Waals surface area (Å²) in [6, 6.07) is 12.3. The zero-order valence-corrected chi connectivity index (χ0v) is 21.6. The van der Waals surface area contributed by atoms with Crippen LogP contribution in [0.5, 0.6) is 0 Å². The highest BCUT2D eigenvalue weighted by molar-refractivity contribution is 6.30. The number of fused-ring (bicyclic) bond motifs is 2. The Balaban J connectivity index is 1.18. The van der Waals surface area contributed by atoms with E-state index in [0.717, 1.165) is 49.6 Å². The molecule has 4 aromatic rings. The number of amides is 1. The smallest absolute Gasteiger partial charge is 0.347 e. The Bertz CT molecular complexity index is 1470. The molecule has 1 aromatic carbocycles. The van der Waals surface area contributed by atoms with Gasteiger partial charge in [-0.15, -0.1) is 0 Å². The summed E-state index contributed by atoms with van der Waals surface area (Å²) in [7, 11) is 0. The van der Waals surface area contributed by atoms with Crippen molar-refractivity contribution < 1.29 is 18.0 Å². The van der Waals surface area contributed by atoms with Gasteiger partial charge >= 0.3 is 6.18 Å². The van der Waals surface area contributed by atoms with Gasteiger partial charge in [0.05, 0.1) is 11.3 Å². The van der Waals surface area contributed by atoms with Crippen molar-refractivity contribution >= 4 is 23.2 Å². The molecule has 38 heavy (non-hydrogen) atoms. The van der Waals surface area contributed by atoms with Gasteiger partial charge in [0.25, 0.3) is 5.91 Å². The molecule has 0 saturated heterocycles. The van der Waals surface area contributed by atoms with Gasteiger partial charge in [0, 0.05) is 61.8 Å². The number of pyridine rings is 2. The van der Waals surface area contributed by atoms with Gasteiger partial charge < -0.3 is 5.32 Å². The molecule has 0 spiro atoms. The second kappa shape index (κ2) is 10.7. The summed E-state index contributed by atoms with van der Waals surface area (Å²) in [5.41, 5.74) is 5.31. The molecule has 0 atom stereocenters. The highest BCUT2D eigenvalue weighted by atomic mass is 35.5. The molecule has 1 amide bonds. The quantitative estimate of drug-likeness (QED) is 0.336. The molecule has 0 fully saturated rings. The predicted molar refractivity (Wildman–Crippen MR) is 139 cm³/mol. The molecule has 0 saturated carbocycles. The van der Waals surface area contributed by atoms with E-state index in [1.165, 1.54) is 17.2 Å². The first-order valence-electron chi connectivity index (χ1n) is 12.5. The molecule has 0 unspecified atom stereocenters. The minimum absolute atomic E-state index is 0.183. The Kier molecular flexibility index (Phi) is 7.40. The number of aryl methyl sites for hydroxylation is 1. The average molecular weight is 542 g/mol. The van der Waals surface area contributed by atoms with Crippen molar-refractivity contribution in [3.05, 3.63) is 99.2 Å². The number of imidazole rings is 1. The average Bonchev–Trinajstić information content (AvgIpc) is 3.28. The van der Waals surface area contributed by atoms with Crippen molar-refractivity contribution in [1.82, 2.24) is 24.6 Å². The highest BCUT2D eigenvalue weighted by Gasteiger charge is 2.30. The molecular weight excluding hydrogens is 515 g/mol. The van der Waals surface area contributed by atoms with Crippen LogP contribution in [0.1, 0.15) is 51.1 Å². The molecule has 6 nitrogen and oxygen atoms in total. The number of rotatable bonds is 7. The van der Waals surface area contributed by atoms with Gasteiger partial charge in [-0.05, 0) is 47.7 Å². The number of nitrogens with one attached hydrogen (secondary N) is 1. The fourth-order valence-electron chi connectivity index (χ4n) is 4.80. The summed E-state index contributed by atoms with van der Waals surface area (Å²) in [5.74, 6) is -0.183. The van der Waals surface area contributed by atoms with Crippen molar-refractivity contribution in [3.8, 4) is 0 Å². The highest BCUT2D eigenvalue weighted by Crippen LogP contribution is 2.28. The first-order valence-corrected chi connectivity index (χ1v) is 12.9. The van der Waals surface area contributed by atoms with Crippen LogP contribution >= 0.6 is 11.6 Å². The summed E-state index contributed by atoms with van der Waals surface area (Å²) < 4.78 is 40.0. The van der Waals surface area contributed by atoms with Crippen LogP contribution in [0.25, 0.3) is 5.65 Å². The second-order valence-corrected chi connectivity index (χ2v) is 9.87. The zero-order valence-electron chi connectivity index (χ0n) is 20.9.